The quantitative estimate of drug-likeness (QED) is 0.395. The Hall–Kier alpha value is -2.25. The Morgan fingerprint density at radius 3 is 2.32 bits per heavy atom. The molecule has 0 N–H and O–H groups in total. The summed E-state index contributed by atoms with van der Waals surface area (Å²) in [5, 5.41) is 4.41. The van der Waals surface area contributed by atoms with Gasteiger partial charge in [0.25, 0.3) is 5.91 Å². The van der Waals surface area contributed by atoms with Crippen molar-refractivity contribution in [3.63, 3.8) is 0 Å². The molecule has 0 saturated carbocycles. The molecule has 2 aromatic rings. The molecule has 2 saturated heterocycles. The van der Waals surface area contributed by atoms with Crippen LogP contribution in [0.15, 0.2) is 46.2 Å². The molecule has 4 rings (SSSR count). The van der Waals surface area contributed by atoms with E-state index in [1.807, 2.05) is 24.8 Å². The van der Waals surface area contributed by atoms with Gasteiger partial charge in [-0.25, -0.2) is 0 Å². The van der Waals surface area contributed by atoms with Gasteiger partial charge in [-0.15, -0.1) is 0 Å². The van der Waals surface area contributed by atoms with Crippen molar-refractivity contribution in [3.8, 4) is 0 Å². The molecule has 6 nitrogen and oxygen atoms in total. The fraction of sp³-hybridized carbons (Fsp3) is 0.519. The van der Waals surface area contributed by atoms with Crippen molar-refractivity contribution in [2.24, 2.45) is 11.1 Å². The van der Waals surface area contributed by atoms with Crippen LogP contribution >= 0.6 is 15.9 Å². The maximum atomic E-state index is 13.2. The molecular weight excluding hydrogens is 492 g/mol. The Balaban J connectivity index is 1.37. The number of nitrogens with zero attached hydrogens (tertiary/aromatic N) is 4. The minimum atomic E-state index is 0.122. The van der Waals surface area contributed by atoms with Gasteiger partial charge in [-0.1, -0.05) is 33.2 Å². The highest BCUT2D eigenvalue weighted by Gasteiger charge is 2.39. The summed E-state index contributed by atoms with van der Waals surface area (Å²) in [5.74, 6) is 0.512. The monoisotopic (exact) mass is 526 g/mol. The molecule has 1 aromatic carbocycles. The number of hydrogen-bond acceptors (Lipinski definition) is 5. The van der Waals surface area contributed by atoms with Crippen molar-refractivity contribution in [2.75, 3.05) is 33.3 Å². The van der Waals surface area contributed by atoms with E-state index in [1.54, 1.807) is 13.3 Å². The number of aromatic nitrogens is 1. The van der Waals surface area contributed by atoms with E-state index in [0.717, 1.165) is 84.4 Å². The number of likely N-dealkylation sites (tertiary alicyclic amines) is 2. The standard InChI is InChI=1S/C27H35BrN4O2/c1-19-9-14-29-20(2)24(19)26(33)31-17-12-27(3,13-18-31)32-15-10-22(11-16-32)25(30-34-4)21-5-7-23(28)8-6-21/h5-9,14,22H,10-13,15-18H2,1-4H3/b30-25-. The lowest BCUT2D eigenvalue weighted by Gasteiger charge is -2.49. The first-order chi connectivity index (χ1) is 16.3. The average molecular weight is 528 g/mol. The number of hydrogen-bond donors (Lipinski definition) is 0. The van der Waals surface area contributed by atoms with Crippen molar-refractivity contribution >= 4 is 27.5 Å². The van der Waals surface area contributed by atoms with Crippen LogP contribution in [-0.4, -0.2) is 65.2 Å². The lowest BCUT2D eigenvalue weighted by atomic mass is 9.82. The number of rotatable bonds is 5. The van der Waals surface area contributed by atoms with E-state index in [1.165, 1.54) is 0 Å². The third-order valence-electron chi connectivity index (χ3n) is 7.67. The molecule has 1 aromatic heterocycles. The first-order valence-corrected chi connectivity index (χ1v) is 13.0. The predicted octanol–water partition coefficient (Wildman–Crippen LogP) is 5.22. The molecule has 34 heavy (non-hydrogen) atoms. The second kappa shape index (κ2) is 10.6. The van der Waals surface area contributed by atoms with Gasteiger partial charge >= 0.3 is 0 Å². The smallest absolute Gasteiger partial charge is 0.255 e. The molecule has 0 radical (unpaired) electrons. The predicted molar refractivity (Wildman–Crippen MR) is 139 cm³/mol. The first-order valence-electron chi connectivity index (χ1n) is 12.2. The second-order valence-corrected chi connectivity index (χ2v) is 10.7. The van der Waals surface area contributed by atoms with Gasteiger partial charge in [0.05, 0.1) is 17.0 Å². The zero-order valence-corrected chi connectivity index (χ0v) is 22.3. The second-order valence-electron chi connectivity index (χ2n) is 9.80. The highest BCUT2D eigenvalue weighted by molar-refractivity contribution is 9.10. The zero-order valence-electron chi connectivity index (χ0n) is 20.7. The van der Waals surface area contributed by atoms with Crippen molar-refractivity contribution in [1.82, 2.24) is 14.8 Å². The first kappa shape index (κ1) is 24.9. The normalized spacial score (nSPS) is 19.8. The topological polar surface area (TPSA) is 58.0 Å². The van der Waals surface area contributed by atoms with Gasteiger partial charge in [0.1, 0.15) is 7.11 Å². The summed E-state index contributed by atoms with van der Waals surface area (Å²) in [6, 6.07) is 10.2. The fourth-order valence-corrected chi connectivity index (χ4v) is 5.72. The van der Waals surface area contributed by atoms with Gasteiger partial charge in [0.2, 0.25) is 0 Å². The molecule has 7 heteroatoms. The molecule has 1 amide bonds. The number of oxime groups is 1. The number of aryl methyl sites for hydroxylation is 2. The van der Waals surface area contributed by atoms with E-state index < -0.39 is 0 Å². The van der Waals surface area contributed by atoms with E-state index >= 15 is 0 Å². The van der Waals surface area contributed by atoms with Gasteiger partial charge < -0.3 is 9.74 Å². The van der Waals surface area contributed by atoms with E-state index in [2.05, 4.69) is 62.2 Å². The van der Waals surface area contributed by atoms with Gasteiger partial charge in [0.15, 0.2) is 0 Å². The summed E-state index contributed by atoms with van der Waals surface area (Å²) >= 11 is 3.52. The molecule has 0 spiro atoms. The maximum Gasteiger partial charge on any atom is 0.255 e. The summed E-state index contributed by atoms with van der Waals surface area (Å²) in [6.45, 7) is 9.94. The highest BCUT2D eigenvalue weighted by Crippen LogP contribution is 2.34. The number of halogens is 1. The van der Waals surface area contributed by atoms with E-state index in [4.69, 9.17) is 4.84 Å². The summed E-state index contributed by atoms with van der Waals surface area (Å²) < 4.78 is 1.06. The molecular formula is C27H35BrN4O2. The van der Waals surface area contributed by atoms with Crippen LogP contribution in [0, 0.1) is 19.8 Å². The molecule has 0 unspecified atom stereocenters. The van der Waals surface area contributed by atoms with Crippen LogP contribution in [0.25, 0.3) is 0 Å². The molecule has 2 fully saturated rings. The van der Waals surface area contributed by atoms with Crippen LogP contribution in [0.2, 0.25) is 0 Å². The van der Waals surface area contributed by atoms with Crippen molar-refractivity contribution < 1.29 is 9.63 Å². The molecule has 0 atom stereocenters. The van der Waals surface area contributed by atoms with Crippen molar-refractivity contribution in [1.29, 1.82) is 0 Å². The van der Waals surface area contributed by atoms with Crippen LogP contribution in [0.3, 0.4) is 0 Å². The fourth-order valence-electron chi connectivity index (χ4n) is 5.46. The van der Waals surface area contributed by atoms with E-state index in [-0.39, 0.29) is 11.4 Å². The van der Waals surface area contributed by atoms with E-state index in [0.29, 0.717) is 5.92 Å². The van der Waals surface area contributed by atoms with Crippen LogP contribution < -0.4 is 0 Å². The van der Waals surface area contributed by atoms with Gasteiger partial charge in [-0.3, -0.25) is 14.7 Å². The Labute approximate surface area is 211 Å². The number of carbonyl (C=O) groups is 1. The van der Waals surface area contributed by atoms with Crippen LogP contribution in [0.1, 0.15) is 59.8 Å². The molecule has 0 aliphatic carbocycles. The maximum absolute atomic E-state index is 13.2. The Bertz CT molecular complexity index is 1020. The lowest BCUT2D eigenvalue weighted by Crippen LogP contribution is -2.56. The molecule has 2 aliphatic rings. The lowest BCUT2D eigenvalue weighted by molar-refractivity contribution is 0.0162. The SMILES string of the molecule is CO/N=C(/c1ccc(Br)cc1)C1CCN(C2(C)CCN(C(=O)c3c(C)ccnc3C)CC2)CC1. The molecule has 182 valence electrons. The summed E-state index contributed by atoms with van der Waals surface area (Å²) in [4.78, 5) is 27.4. The van der Waals surface area contributed by atoms with Crippen molar-refractivity contribution in [2.45, 2.75) is 52.0 Å². The van der Waals surface area contributed by atoms with Gasteiger partial charge in [-0.2, -0.15) is 0 Å². The van der Waals surface area contributed by atoms with E-state index in [9.17, 15) is 4.79 Å². The minimum absolute atomic E-state index is 0.122. The summed E-state index contributed by atoms with van der Waals surface area (Å²) in [5.41, 5.74) is 4.89. The molecule has 2 aliphatic heterocycles. The third-order valence-corrected chi connectivity index (χ3v) is 8.19. The van der Waals surface area contributed by atoms with Crippen molar-refractivity contribution in [3.05, 3.63) is 63.4 Å². The van der Waals surface area contributed by atoms with Crippen LogP contribution in [0.5, 0.6) is 0 Å². The number of benzene rings is 1. The number of piperidine rings is 2. The number of carbonyl (C=O) groups excluding carboxylic acids is 1. The average Bonchev–Trinajstić information content (AvgIpc) is 2.84. The Morgan fingerprint density at radius 1 is 1.09 bits per heavy atom. The molecule has 0 bridgehead atoms. The third kappa shape index (κ3) is 5.20. The van der Waals surface area contributed by atoms with Gasteiger partial charge in [-0.05, 0) is 88.9 Å². The zero-order chi connectivity index (χ0) is 24.3. The van der Waals surface area contributed by atoms with Crippen LogP contribution in [0.4, 0.5) is 0 Å². The Kier molecular flexibility index (Phi) is 7.73. The number of pyridine rings is 1. The molecule has 3 heterocycles. The summed E-state index contributed by atoms with van der Waals surface area (Å²) in [7, 11) is 1.62. The summed E-state index contributed by atoms with van der Waals surface area (Å²) in [6.07, 6.45) is 5.88. The largest absolute Gasteiger partial charge is 0.399 e. The minimum Gasteiger partial charge on any atom is -0.399 e. The highest BCUT2D eigenvalue weighted by atomic mass is 79.9. The number of amides is 1. The van der Waals surface area contributed by atoms with Crippen LogP contribution in [-0.2, 0) is 4.84 Å². The Morgan fingerprint density at radius 2 is 1.74 bits per heavy atom. The van der Waals surface area contributed by atoms with Gasteiger partial charge in [0, 0.05) is 35.2 Å².